The summed E-state index contributed by atoms with van der Waals surface area (Å²) in [5.74, 6) is -0.761. The fraction of sp³-hybridized carbons (Fsp3) is 0.538. The minimum Gasteiger partial charge on any atom is -0.466 e. The molecule has 1 rings (SSSR count). The van der Waals surface area contributed by atoms with Gasteiger partial charge in [-0.05, 0) is 6.42 Å². The van der Waals surface area contributed by atoms with Crippen LogP contribution in [0.15, 0.2) is 11.1 Å². The lowest BCUT2D eigenvalue weighted by Crippen LogP contribution is -2.24. The maximum Gasteiger partial charge on any atom is 0.334 e. The molecule has 7 nitrogen and oxygen atoms in total. The molecule has 8 heteroatoms. The van der Waals surface area contributed by atoms with Crippen LogP contribution in [0.1, 0.15) is 26.2 Å². The zero-order chi connectivity index (χ0) is 15.8. The lowest BCUT2D eigenvalue weighted by Gasteiger charge is -2.05. The first kappa shape index (κ1) is 17.2. The van der Waals surface area contributed by atoms with E-state index >= 15 is 0 Å². The number of ketones is 1. The third kappa shape index (κ3) is 5.58. The van der Waals surface area contributed by atoms with Crippen LogP contribution in [-0.2, 0) is 28.8 Å². The Kier molecular flexibility index (Phi) is 6.93. The molecule has 1 N–H and O–H groups in total. The summed E-state index contributed by atoms with van der Waals surface area (Å²) < 4.78 is 4.64. The molecule has 0 atom stereocenters. The van der Waals surface area contributed by atoms with Crippen LogP contribution in [0, 0.1) is 0 Å². The maximum absolute atomic E-state index is 11.7. The first-order valence-corrected chi connectivity index (χ1v) is 7.48. The summed E-state index contributed by atoms with van der Waals surface area (Å²) in [5, 5.41) is 0. The molecule has 0 heterocycles. The molecule has 21 heavy (non-hydrogen) atoms. The largest absolute Gasteiger partial charge is 0.466 e. The van der Waals surface area contributed by atoms with Crippen molar-refractivity contribution in [3.05, 3.63) is 11.1 Å². The molecule has 1 amide bonds. The molecule has 0 radical (unpaired) electrons. The van der Waals surface area contributed by atoms with Crippen LogP contribution >= 0.6 is 11.8 Å². The number of carbonyl (C=O) groups is 4. The second kappa shape index (κ2) is 8.46. The van der Waals surface area contributed by atoms with E-state index in [1.807, 2.05) is 5.48 Å². The molecule has 0 aliphatic heterocycles. The van der Waals surface area contributed by atoms with Gasteiger partial charge in [0.15, 0.2) is 5.78 Å². The first-order chi connectivity index (χ1) is 9.95. The van der Waals surface area contributed by atoms with Gasteiger partial charge in [0, 0.05) is 36.0 Å². The highest BCUT2D eigenvalue weighted by molar-refractivity contribution is 7.99. The van der Waals surface area contributed by atoms with Crippen molar-refractivity contribution in [2.45, 2.75) is 26.2 Å². The van der Waals surface area contributed by atoms with Crippen molar-refractivity contribution in [1.29, 1.82) is 0 Å². The molecule has 0 bridgehead atoms. The van der Waals surface area contributed by atoms with Gasteiger partial charge in [-0.3, -0.25) is 9.59 Å². The summed E-state index contributed by atoms with van der Waals surface area (Å²) in [7, 11) is 1.28. The Morgan fingerprint density at radius 2 is 2.00 bits per heavy atom. The molecule has 0 aromatic carbocycles. The van der Waals surface area contributed by atoms with Crippen LogP contribution < -0.4 is 5.48 Å². The quantitative estimate of drug-likeness (QED) is 0.434. The molecule has 0 saturated heterocycles. The summed E-state index contributed by atoms with van der Waals surface area (Å²) in [6, 6.07) is 0. The van der Waals surface area contributed by atoms with Crippen LogP contribution in [0.3, 0.4) is 0 Å². The standard InChI is InChI=1S/C13H17NO6S/c1-8(15)14-20-12(17)5-6-21-7-10-9(13(18)19-2)3-4-11(10)16/h3-7H2,1-2H3,(H,14,15). The molecular formula is C13H17NO6S. The van der Waals surface area contributed by atoms with Gasteiger partial charge < -0.3 is 9.57 Å². The molecule has 0 fully saturated rings. The highest BCUT2D eigenvalue weighted by atomic mass is 32.2. The van der Waals surface area contributed by atoms with E-state index in [2.05, 4.69) is 9.57 Å². The number of rotatable bonds is 6. The molecular weight excluding hydrogens is 298 g/mol. The van der Waals surface area contributed by atoms with Crippen LogP contribution in [0.4, 0.5) is 0 Å². The Morgan fingerprint density at radius 1 is 1.29 bits per heavy atom. The average Bonchev–Trinajstić information content (AvgIpc) is 2.81. The number of hydrogen-bond acceptors (Lipinski definition) is 7. The highest BCUT2D eigenvalue weighted by Gasteiger charge is 2.27. The summed E-state index contributed by atoms with van der Waals surface area (Å²) >= 11 is 1.35. The molecule has 1 aliphatic rings. The van der Waals surface area contributed by atoms with Crippen molar-refractivity contribution >= 4 is 35.4 Å². The van der Waals surface area contributed by atoms with Gasteiger partial charge in [-0.2, -0.15) is 17.2 Å². The van der Waals surface area contributed by atoms with Crippen LogP contribution in [0.5, 0.6) is 0 Å². The van der Waals surface area contributed by atoms with Crippen molar-refractivity contribution in [1.82, 2.24) is 5.48 Å². The number of amides is 1. The van der Waals surface area contributed by atoms with Gasteiger partial charge in [0.2, 0.25) is 5.91 Å². The zero-order valence-corrected chi connectivity index (χ0v) is 12.7. The monoisotopic (exact) mass is 315 g/mol. The van der Waals surface area contributed by atoms with E-state index in [-0.39, 0.29) is 12.2 Å². The summed E-state index contributed by atoms with van der Waals surface area (Å²) in [5.41, 5.74) is 2.84. The number of esters is 1. The van der Waals surface area contributed by atoms with Crippen molar-refractivity contribution in [3.63, 3.8) is 0 Å². The highest BCUT2D eigenvalue weighted by Crippen LogP contribution is 2.27. The van der Waals surface area contributed by atoms with Gasteiger partial charge in [0.1, 0.15) is 0 Å². The Morgan fingerprint density at radius 3 is 2.62 bits per heavy atom. The predicted octanol–water partition coefficient (Wildman–Crippen LogP) is 0.536. The zero-order valence-electron chi connectivity index (χ0n) is 11.9. The van der Waals surface area contributed by atoms with Gasteiger partial charge in [-0.1, -0.05) is 0 Å². The van der Waals surface area contributed by atoms with E-state index < -0.39 is 17.8 Å². The molecule has 0 unspecified atom stereocenters. The Hall–Kier alpha value is -1.83. The SMILES string of the molecule is COC(=O)C1=C(CSCCC(=O)ONC(C)=O)C(=O)CC1. The third-order valence-corrected chi connectivity index (χ3v) is 3.73. The Labute approximate surface area is 126 Å². The second-order valence-corrected chi connectivity index (χ2v) is 5.41. The third-order valence-electron chi connectivity index (χ3n) is 2.74. The van der Waals surface area contributed by atoms with Crippen LogP contribution in [-0.4, -0.2) is 42.2 Å². The summed E-state index contributed by atoms with van der Waals surface area (Å²) in [6.45, 7) is 1.23. The Bertz CT molecular complexity index is 485. The van der Waals surface area contributed by atoms with Gasteiger partial charge in [0.25, 0.3) is 0 Å². The minimum atomic E-state index is -0.558. The lowest BCUT2D eigenvalue weighted by molar-refractivity contribution is -0.157. The average molecular weight is 315 g/mol. The van der Waals surface area contributed by atoms with Crippen LogP contribution in [0.2, 0.25) is 0 Å². The topological polar surface area (TPSA) is 98.8 Å². The van der Waals surface area contributed by atoms with Crippen molar-refractivity contribution in [2.24, 2.45) is 0 Å². The number of thioether (sulfide) groups is 1. The minimum absolute atomic E-state index is 0.0521. The summed E-state index contributed by atoms with van der Waals surface area (Å²) in [6.07, 6.45) is 0.830. The van der Waals surface area contributed by atoms with Gasteiger partial charge >= 0.3 is 11.9 Å². The van der Waals surface area contributed by atoms with E-state index in [4.69, 9.17) is 0 Å². The number of nitrogens with one attached hydrogen (secondary N) is 1. The Balaban J connectivity index is 2.37. The molecule has 0 spiro atoms. The summed E-state index contributed by atoms with van der Waals surface area (Å²) in [4.78, 5) is 49.4. The predicted molar refractivity (Wildman–Crippen MR) is 75.1 cm³/mol. The van der Waals surface area contributed by atoms with E-state index in [9.17, 15) is 19.2 Å². The van der Waals surface area contributed by atoms with Gasteiger partial charge in [0.05, 0.1) is 13.5 Å². The molecule has 1 aliphatic carbocycles. The molecule has 116 valence electrons. The van der Waals surface area contributed by atoms with Crippen molar-refractivity contribution < 1.29 is 28.8 Å². The van der Waals surface area contributed by atoms with Gasteiger partial charge in [-0.25, -0.2) is 9.59 Å². The fourth-order valence-electron chi connectivity index (χ4n) is 1.73. The molecule has 0 aromatic heterocycles. The number of carbonyl (C=O) groups excluding carboxylic acids is 4. The molecule has 0 saturated carbocycles. The first-order valence-electron chi connectivity index (χ1n) is 6.33. The number of hydroxylamine groups is 1. The number of methoxy groups -OCH3 is 1. The maximum atomic E-state index is 11.7. The smallest absolute Gasteiger partial charge is 0.334 e. The number of hydrogen-bond donors (Lipinski definition) is 1. The van der Waals surface area contributed by atoms with Gasteiger partial charge in [-0.15, -0.1) is 0 Å². The van der Waals surface area contributed by atoms with E-state index in [1.165, 1.54) is 25.8 Å². The van der Waals surface area contributed by atoms with Crippen molar-refractivity contribution in [2.75, 3.05) is 18.6 Å². The normalized spacial score (nSPS) is 14.1. The lowest BCUT2D eigenvalue weighted by atomic mass is 10.2. The van der Waals surface area contributed by atoms with Crippen LogP contribution in [0.25, 0.3) is 0 Å². The number of ether oxygens (including phenoxy) is 1. The second-order valence-electron chi connectivity index (χ2n) is 4.31. The van der Waals surface area contributed by atoms with E-state index in [0.29, 0.717) is 35.5 Å². The van der Waals surface area contributed by atoms with E-state index in [0.717, 1.165) is 0 Å². The van der Waals surface area contributed by atoms with E-state index in [1.54, 1.807) is 0 Å². The fourth-order valence-corrected chi connectivity index (χ4v) is 2.73. The number of Topliss-reactive ketones (excluding diaryl/α,β-unsaturated/α-hetero) is 1. The molecule has 0 aromatic rings. The van der Waals surface area contributed by atoms with Crippen molar-refractivity contribution in [3.8, 4) is 0 Å².